The Morgan fingerprint density at radius 1 is 1.50 bits per heavy atom. The molecule has 0 saturated carbocycles. The summed E-state index contributed by atoms with van der Waals surface area (Å²) in [5, 5.41) is 2.79. The number of nitrogens with one attached hydrogen (secondary N) is 1. The third kappa shape index (κ3) is 2.51. The minimum atomic E-state index is 0.561. The van der Waals surface area contributed by atoms with Gasteiger partial charge >= 0.3 is 0 Å². The molecule has 2 rings (SSSR count). The largest absolute Gasteiger partial charge is 0.307 e. The van der Waals surface area contributed by atoms with Gasteiger partial charge < -0.3 is 5.43 Å². The zero-order valence-electron chi connectivity index (χ0n) is 8.27. The summed E-state index contributed by atoms with van der Waals surface area (Å²) in [5.41, 5.74) is 3.51. The molecule has 0 atom stereocenters. The van der Waals surface area contributed by atoms with Gasteiger partial charge in [-0.15, -0.1) is 11.3 Å². The van der Waals surface area contributed by atoms with Crippen molar-refractivity contribution in [3.05, 3.63) is 21.9 Å². The summed E-state index contributed by atoms with van der Waals surface area (Å²) in [7, 11) is 0. The molecule has 0 aliphatic rings. The molecule has 16 heavy (non-hydrogen) atoms. The molecule has 0 spiro atoms. The molecule has 0 bridgehead atoms. The van der Waals surface area contributed by atoms with Crippen LogP contribution in [0.2, 0.25) is 0 Å². The van der Waals surface area contributed by atoms with Gasteiger partial charge in [-0.2, -0.15) is 0 Å². The van der Waals surface area contributed by atoms with Crippen molar-refractivity contribution in [2.24, 2.45) is 5.84 Å². The number of hydrogen-bond acceptors (Lipinski definition) is 7. The Morgan fingerprint density at radius 2 is 2.31 bits per heavy atom. The predicted molar refractivity (Wildman–Crippen MR) is 68.5 cm³/mol. The first-order valence-corrected chi connectivity index (χ1v) is 6.76. The van der Waals surface area contributed by atoms with Crippen molar-refractivity contribution in [3.8, 4) is 0 Å². The molecule has 0 amide bonds. The molecule has 0 saturated heterocycles. The van der Waals surface area contributed by atoms with E-state index in [4.69, 9.17) is 5.84 Å². The van der Waals surface area contributed by atoms with Gasteiger partial charge in [-0.3, -0.25) is 0 Å². The number of halogens is 1. The van der Waals surface area contributed by atoms with E-state index in [1.54, 1.807) is 11.3 Å². The molecule has 2 aromatic rings. The first kappa shape index (κ1) is 11.8. The van der Waals surface area contributed by atoms with Crippen LogP contribution in [0.4, 0.5) is 5.82 Å². The van der Waals surface area contributed by atoms with Crippen LogP contribution in [0.5, 0.6) is 0 Å². The Balaban J connectivity index is 2.28. The smallest absolute Gasteiger partial charge is 0.158 e. The Bertz CT molecular complexity index is 501. The van der Waals surface area contributed by atoms with E-state index in [1.807, 2.05) is 12.3 Å². The minimum Gasteiger partial charge on any atom is -0.307 e. The molecule has 2 heterocycles. The lowest BCUT2D eigenvalue weighted by molar-refractivity contribution is 1.01. The number of anilines is 1. The zero-order chi connectivity index (χ0) is 11.5. The summed E-state index contributed by atoms with van der Waals surface area (Å²) in [4.78, 5) is 12.5. The van der Waals surface area contributed by atoms with E-state index in [0.29, 0.717) is 5.82 Å². The number of aromatic nitrogens is 3. The number of hydrazine groups is 1. The zero-order valence-corrected chi connectivity index (χ0v) is 11.5. The van der Waals surface area contributed by atoms with Gasteiger partial charge in [0.2, 0.25) is 0 Å². The number of nitrogens with two attached hydrogens (primary N) is 1. The van der Waals surface area contributed by atoms with Gasteiger partial charge in [0.15, 0.2) is 10.2 Å². The van der Waals surface area contributed by atoms with Gasteiger partial charge in [0, 0.05) is 11.1 Å². The van der Waals surface area contributed by atoms with Gasteiger partial charge in [-0.05, 0) is 34.6 Å². The molecule has 3 N–H and O–H groups in total. The highest BCUT2D eigenvalue weighted by Crippen LogP contribution is 2.35. The quantitative estimate of drug-likeness (QED) is 0.514. The fourth-order valence-electron chi connectivity index (χ4n) is 0.987. The maximum atomic E-state index is 5.32. The topological polar surface area (TPSA) is 76.7 Å². The van der Waals surface area contributed by atoms with E-state index in [0.717, 1.165) is 19.5 Å². The van der Waals surface area contributed by atoms with Crippen molar-refractivity contribution in [2.45, 2.75) is 16.3 Å². The molecular formula is C8H8BrN5S2. The molecule has 2 aromatic heterocycles. The van der Waals surface area contributed by atoms with Gasteiger partial charge in [0.1, 0.15) is 11.4 Å². The number of rotatable bonds is 3. The van der Waals surface area contributed by atoms with Crippen molar-refractivity contribution in [2.75, 3.05) is 5.43 Å². The lowest BCUT2D eigenvalue weighted by Gasteiger charge is -2.04. The second-order valence-corrected chi connectivity index (χ2v) is 5.73. The molecule has 5 nitrogen and oxygen atoms in total. The van der Waals surface area contributed by atoms with E-state index < -0.39 is 0 Å². The van der Waals surface area contributed by atoms with Crippen molar-refractivity contribution in [1.82, 2.24) is 15.0 Å². The highest BCUT2D eigenvalue weighted by atomic mass is 79.9. The first-order chi connectivity index (χ1) is 7.70. The van der Waals surface area contributed by atoms with Crippen molar-refractivity contribution < 1.29 is 0 Å². The van der Waals surface area contributed by atoms with E-state index in [1.165, 1.54) is 18.1 Å². The Kier molecular flexibility index (Phi) is 3.74. The van der Waals surface area contributed by atoms with Crippen LogP contribution < -0.4 is 11.3 Å². The third-order valence-electron chi connectivity index (χ3n) is 1.68. The summed E-state index contributed by atoms with van der Waals surface area (Å²) in [6.45, 7) is 1.96. The van der Waals surface area contributed by atoms with Crippen molar-refractivity contribution in [3.63, 3.8) is 0 Å². The molecule has 0 unspecified atom stereocenters. The molecular weight excluding hydrogens is 310 g/mol. The highest BCUT2D eigenvalue weighted by molar-refractivity contribution is 9.10. The lowest BCUT2D eigenvalue weighted by atomic mass is 10.6. The Morgan fingerprint density at radius 3 is 2.94 bits per heavy atom. The number of nitrogen functional groups attached to an aromatic ring is 1. The van der Waals surface area contributed by atoms with Crippen molar-refractivity contribution >= 4 is 44.8 Å². The molecule has 0 radical (unpaired) electrons. The third-order valence-corrected chi connectivity index (χ3v) is 4.75. The van der Waals surface area contributed by atoms with Gasteiger partial charge in [0.05, 0.1) is 4.47 Å². The van der Waals surface area contributed by atoms with Gasteiger partial charge in [-0.25, -0.2) is 20.8 Å². The maximum Gasteiger partial charge on any atom is 0.158 e. The van der Waals surface area contributed by atoms with E-state index in [2.05, 4.69) is 36.3 Å². The molecule has 0 fully saturated rings. The number of aryl methyl sites for hydroxylation is 1. The molecule has 0 aromatic carbocycles. The van der Waals surface area contributed by atoms with Crippen LogP contribution in [0.1, 0.15) is 5.69 Å². The SMILES string of the molecule is Cc1csc(Sc2ncnc(NN)c2Br)n1. The molecule has 8 heteroatoms. The highest BCUT2D eigenvalue weighted by Gasteiger charge is 2.10. The van der Waals surface area contributed by atoms with Crippen LogP contribution in [0.25, 0.3) is 0 Å². The van der Waals surface area contributed by atoms with Crippen molar-refractivity contribution in [1.29, 1.82) is 0 Å². The number of hydrogen-bond donors (Lipinski definition) is 2. The molecule has 0 aliphatic carbocycles. The van der Waals surface area contributed by atoms with E-state index in [9.17, 15) is 0 Å². The predicted octanol–water partition coefficient (Wildman–Crippen LogP) is 2.44. The van der Waals surface area contributed by atoms with Gasteiger partial charge in [0.25, 0.3) is 0 Å². The average molecular weight is 318 g/mol. The fourth-order valence-corrected chi connectivity index (χ4v) is 3.28. The maximum absolute atomic E-state index is 5.32. The summed E-state index contributed by atoms with van der Waals surface area (Å²) in [6.07, 6.45) is 1.46. The van der Waals surface area contributed by atoms with Crippen LogP contribution in [-0.2, 0) is 0 Å². The summed E-state index contributed by atoms with van der Waals surface area (Å²) < 4.78 is 1.69. The van der Waals surface area contributed by atoms with Crippen LogP contribution in [0.15, 0.2) is 25.5 Å². The van der Waals surface area contributed by atoms with Crippen LogP contribution in [-0.4, -0.2) is 15.0 Å². The fraction of sp³-hybridized carbons (Fsp3) is 0.125. The lowest BCUT2D eigenvalue weighted by Crippen LogP contribution is -2.09. The van der Waals surface area contributed by atoms with E-state index >= 15 is 0 Å². The Hall–Kier alpha value is -0.700. The first-order valence-electron chi connectivity index (χ1n) is 4.28. The second-order valence-electron chi connectivity index (χ2n) is 2.84. The minimum absolute atomic E-state index is 0.561. The summed E-state index contributed by atoms with van der Waals surface area (Å²) in [5.74, 6) is 5.89. The second kappa shape index (κ2) is 5.09. The van der Waals surface area contributed by atoms with Crippen LogP contribution >= 0.6 is 39.0 Å². The average Bonchev–Trinajstić information content (AvgIpc) is 2.67. The van der Waals surface area contributed by atoms with Crippen LogP contribution in [0.3, 0.4) is 0 Å². The normalized spacial score (nSPS) is 10.4. The summed E-state index contributed by atoms with van der Waals surface area (Å²) >= 11 is 6.46. The Labute approximate surface area is 109 Å². The number of thiazole rings is 1. The molecule has 84 valence electrons. The standard InChI is InChI=1S/C8H8BrN5S2/c1-4-2-15-8(13-4)16-7-5(9)6(14-10)11-3-12-7/h2-3H,10H2,1H3,(H,11,12,14). The van der Waals surface area contributed by atoms with Gasteiger partial charge in [-0.1, -0.05) is 0 Å². The van der Waals surface area contributed by atoms with Crippen LogP contribution in [0, 0.1) is 6.92 Å². The number of nitrogens with zero attached hydrogens (tertiary/aromatic N) is 3. The summed E-state index contributed by atoms with van der Waals surface area (Å²) in [6, 6.07) is 0. The monoisotopic (exact) mass is 317 g/mol. The molecule has 0 aliphatic heterocycles. The van der Waals surface area contributed by atoms with E-state index in [-0.39, 0.29) is 0 Å².